The average Bonchev–Trinajstić information content (AvgIpc) is 3.02. The van der Waals surface area contributed by atoms with Crippen LogP contribution in [-0.4, -0.2) is 19.7 Å². The van der Waals surface area contributed by atoms with Crippen LogP contribution in [-0.2, 0) is 6.54 Å². The molecule has 3 aromatic rings. The maximum atomic E-state index is 12.8. The largest absolute Gasteiger partial charge is 0.334 e. The number of imidazole rings is 1. The van der Waals surface area contributed by atoms with Gasteiger partial charge in [-0.25, -0.2) is 9.37 Å². The monoisotopic (exact) mass is 244 g/mol. The Bertz CT molecular complexity index is 630. The van der Waals surface area contributed by atoms with Gasteiger partial charge >= 0.3 is 0 Å². The summed E-state index contributed by atoms with van der Waals surface area (Å²) in [5.74, 6) is 0.634. The minimum Gasteiger partial charge on any atom is -0.334 e. The zero-order valence-electron chi connectivity index (χ0n) is 9.32. The first-order valence-corrected chi connectivity index (χ1v) is 5.35. The van der Waals surface area contributed by atoms with E-state index in [9.17, 15) is 4.39 Å². The van der Waals surface area contributed by atoms with Crippen LogP contribution in [0, 0.1) is 5.82 Å². The van der Waals surface area contributed by atoms with E-state index in [0.717, 1.165) is 0 Å². The zero-order valence-corrected chi connectivity index (χ0v) is 9.32. The Balaban J connectivity index is 1.83. The molecule has 0 spiro atoms. The smallest absolute Gasteiger partial charge is 0.257 e. The Hall–Kier alpha value is -2.50. The molecule has 0 saturated carbocycles. The standard InChI is InChI=1S/C12H9FN4O/c13-10-3-1-9(2-4-10)12-15-11(16-18-12)7-17-6-5-14-8-17/h1-6,8H,7H2. The molecular weight excluding hydrogens is 235 g/mol. The van der Waals surface area contributed by atoms with E-state index in [0.29, 0.717) is 23.8 Å². The summed E-state index contributed by atoms with van der Waals surface area (Å²) in [6.07, 6.45) is 5.17. The van der Waals surface area contributed by atoms with Gasteiger partial charge in [-0.2, -0.15) is 4.98 Å². The van der Waals surface area contributed by atoms with Crippen molar-refractivity contribution in [1.29, 1.82) is 0 Å². The molecule has 0 aliphatic heterocycles. The first-order valence-electron chi connectivity index (χ1n) is 5.35. The second-order valence-corrected chi connectivity index (χ2v) is 3.76. The van der Waals surface area contributed by atoms with E-state index in [-0.39, 0.29) is 5.82 Å². The Labute approximate surface area is 102 Å². The minimum atomic E-state index is -0.295. The summed E-state index contributed by atoms with van der Waals surface area (Å²) in [6.45, 7) is 0.491. The molecule has 0 aliphatic carbocycles. The van der Waals surface area contributed by atoms with Crippen LogP contribution in [0.15, 0.2) is 47.5 Å². The number of rotatable bonds is 3. The van der Waals surface area contributed by atoms with Gasteiger partial charge in [0.25, 0.3) is 5.89 Å². The van der Waals surface area contributed by atoms with Crippen molar-refractivity contribution in [3.05, 3.63) is 54.6 Å². The van der Waals surface area contributed by atoms with Gasteiger partial charge in [0.05, 0.1) is 12.9 Å². The fourth-order valence-corrected chi connectivity index (χ4v) is 1.57. The van der Waals surface area contributed by atoms with E-state index in [4.69, 9.17) is 4.52 Å². The Morgan fingerprint density at radius 1 is 1.22 bits per heavy atom. The molecule has 1 aromatic carbocycles. The van der Waals surface area contributed by atoms with Crippen LogP contribution in [0.3, 0.4) is 0 Å². The highest BCUT2D eigenvalue weighted by atomic mass is 19.1. The number of hydrogen-bond donors (Lipinski definition) is 0. The zero-order chi connectivity index (χ0) is 12.4. The molecule has 2 aromatic heterocycles. The number of halogens is 1. The predicted octanol–water partition coefficient (Wildman–Crippen LogP) is 2.12. The fraction of sp³-hybridized carbons (Fsp3) is 0.0833. The molecule has 0 amide bonds. The van der Waals surface area contributed by atoms with Gasteiger partial charge in [-0.15, -0.1) is 0 Å². The van der Waals surface area contributed by atoms with E-state index in [1.54, 1.807) is 24.7 Å². The number of nitrogens with zero attached hydrogens (tertiary/aromatic N) is 4. The second-order valence-electron chi connectivity index (χ2n) is 3.76. The lowest BCUT2D eigenvalue weighted by Gasteiger charge is -1.94. The summed E-state index contributed by atoms with van der Waals surface area (Å²) in [5.41, 5.74) is 0.695. The summed E-state index contributed by atoms with van der Waals surface area (Å²) in [5, 5.41) is 3.86. The molecule has 3 rings (SSSR count). The first kappa shape index (κ1) is 10.6. The molecule has 18 heavy (non-hydrogen) atoms. The predicted molar refractivity (Wildman–Crippen MR) is 61.0 cm³/mol. The van der Waals surface area contributed by atoms with Crippen LogP contribution in [0.5, 0.6) is 0 Å². The van der Waals surface area contributed by atoms with Crippen molar-refractivity contribution in [2.75, 3.05) is 0 Å². The van der Waals surface area contributed by atoms with Crippen molar-refractivity contribution in [1.82, 2.24) is 19.7 Å². The SMILES string of the molecule is Fc1ccc(-c2nc(Cn3ccnc3)no2)cc1. The molecule has 0 bridgehead atoms. The van der Waals surface area contributed by atoms with Crippen molar-refractivity contribution >= 4 is 0 Å². The van der Waals surface area contributed by atoms with Gasteiger partial charge in [0.1, 0.15) is 5.82 Å². The lowest BCUT2D eigenvalue weighted by Crippen LogP contribution is -1.98. The van der Waals surface area contributed by atoms with Gasteiger partial charge in [-0.1, -0.05) is 5.16 Å². The Morgan fingerprint density at radius 2 is 2.06 bits per heavy atom. The molecule has 0 fully saturated rings. The molecule has 0 N–H and O–H groups in total. The highest BCUT2D eigenvalue weighted by Crippen LogP contribution is 2.17. The highest BCUT2D eigenvalue weighted by Gasteiger charge is 2.08. The summed E-state index contributed by atoms with van der Waals surface area (Å²) < 4.78 is 19.7. The van der Waals surface area contributed by atoms with Crippen molar-refractivity contribution in [2.45, 2.75) is 6.54 Å². The van der Waals surface area contributed by atoms with Crippen LogP contribution < -0.4 is 0 Å². The Morgan fingerprint density at radius 3 is 2.78 bits per heavy atom. The molecule has 2 heterocycles. The van der Waals surface area contributed by atoms with Crippen molar-refractivity contribution in [2.24, 2.45) is 0 Å². The quantitative estimate of drug-likeness (QED) is 0.708. The van der Waals surface area contributed by atoms with E-state index in [2.05, 4.69) is 15.1 Å². The van der Waals surface area contributed by atoms with E-state index >= 15 is 0 Å². The van der Waals surface area contributed by atoms with Crippen LogP contribution in [0.25, 0.3) is 11.5 Å². The van der Waals surface area contributed by atoms with Gasteiger partial charge in [0.2, 0.25) is 0 Å². The molecule has 0 unspecified atom stereocenters. The van der Waals surface area contributed by atoms with Crippen molar-refractivity contribution in [3.63, 3.8) is 0 Å². The molecule has 5 nitrogen and oxygen atoms in total. The van der Waals surface area contributed by atoms with Gasteiger partial charge < -0.3 is 9.09 Å². The third-order valence-electron chi connectivity index (χ3n) is 2.44. The second kappa shape index (κ2) is 4.40. The first-order chi connectivity index (χ1) is 8.81. The van der Waals surface area contributed by atoms with Crippen LogP contribution >= 0.6 is 0 Å². The lowest BCUT2D eigenvalue weighted by atomic mass is 10.2. The van der Waals surface area contributed by atoms with Gasteiger partial charge in [-0.05, 0) is 24.3 Å². The Kier molecular flexibility index (Phi) is 2.60. The van der Waals surface area contributed by atoms with Crippen LogP contribution in [0.2, 0.25) is 0 Å². The highest BCUT2D eigenvalue weighted by molar-refractivity contribution is 5.52. The maximum absolute atomic E-state index is 12.8. The summed E-state index contributed by atoms with van der Waals surface area (Å²) in [6, 6.07) is 5.91. The van der Waals surface area contributed by atoms with Gasteiger partial charge in [-0.3, -0.25) is 0 Å². The molecule has 0 saturated heterocycles. The molecule has 0 aliphatic rings. The number of benzene rings is 1. The summed E-state index contributed by atoms with van der Waals surface area (Å²) >= 11 is 0. The maximum Gasteiger partial charge on any atom is 0.257 e. The van der Waals surface area contributed by atoms with Crippen LogP contribution in [0.4, 0.5) is 4.39 Å². The van der Waals surface area contributed by atoms with E-state index < -0.39 is 0 Å². The minimum absolute atomic E-state index is 0.295. The van der Waals surface area contributed by atoms with Crippen LogP contribution in [0.1, 0.15) is 5.82 Å². The topological polar surface area (TPSA) is 56.7 Å². The van der Waals surface area contributed by atoms with Crippen molar-refractivity contribution in [3.8, 4) is 11.5 Å². The average molecular weight is 244 g/mol. The van der Waals surface area contributed by atoms with Gasteiger partial charge in [0.15, 0.2) is 5.82 Å². The van der Waals surface area contributed by atoms with Crippen molar-refractivity contribution < 1.29 is 8.91 Å². The number of hydrogen-bond acceptors (Lipinski definition) is 4. The third kappa shape index (κ3) is 2.13. The molecule has 6 heteroatoms. The fourth-order valence-electron chi connectivity index (χ4n) is 1.57. The third-order valence-corrected chi connectivity index (χ3v) is 2.44. The molecular formula is C12H9FN4O. The lowest BCUT2D eigenvalue weighted by molar-refractivity contribution is 0.420. The molecule has 0 radical (unpaired) electrons. The normalized spacial score (nSPS) is 10.7. The summed E-state index contributed by atoms with van der Waals surface area (Å²) in [7, 11) is 0. The van der Waals surface area contributed by atoms with E-state index in [1.807, 2.05) is 10.8 Å². The summed E-state index contributed by atoms with van der Waals surface area (Å²) in [4.78, 5) is 8.16. The molecule has 0 atom stereocenters. The van der Waals surface area contributed by atoms with Gasteiger partial charge in [0, 0.05) is 18.0 Å². The van der Waals surface area contributed by atoms with E-state index in [1.165, 1.54) is 12.1 Å². The number of aromatic nitrogens is 4. The molecule has 90 valence electrons.